The van der Waals surface area contributed by atoms with Crippen molar-refractivity contribution in [1.29, 1.82) is 0 Å². The fourth-order valence-electron chi connectivity index (χ4n) is 2.61. The van der Waals surface area contributed by atoms with Gasteiger partial charge >= 0.3 is 0 Å². The highest BCUT2D eigenvalue weighted by Gasteiger charge is 2.40. The van der Waals surface area contributed by atoms with Gasteiger partial charge in [0, 0.05) is 6.42 Å². The van der Waals surface area contributed by atoms with Gasteiger partial charge in [0.25, 0.3) is 0 Å². The largest absolute Gasteiger partial charge is 0.274 e. The van der Waals surface area contributed by atoms with Gasteiger partial charge in [0.15, 0.2) is 4.34 Å². The zero-order chi connectivity index (χ0) is 17.6. The number of carbonyl (C=O) groups is 2. The maximum Gasteiger partial charge on any atom is 0.247 e. The van der Waals surface area contributed by atoms with E-state index in [2.05, 4.69) is 4.98 Å². The SMILES string of the molecule is O=C1C[C@H](Sc2nc3ccccc3s2)C(=O)N1c1ccc(Cl)c(Cl)c1. The first-order chi connectivity index (χ1) is 12.0. The van der Waals surface area contributed by atoms with E-state index in [1.807, 2.05) is 24.3 Å². The van der Waals surface area contributed by atoms with Gasteiger partial charge in [-0.15, -0.1) is 11.3 Å². The van der Waals surface area contributed by atoms with E-state index in [9.17, 15) is 9.59 Å². The number of rotatable bonds is 3. The molecule has 1 aromatic heterocycles. The van der Waals surface area contributed by atoms with Crippen LogP contribution in [0.25, 0.3) is 10.2 Å². The molecule has 0 spiro atoms. The summed E-state index contributed by atoms with van der Waals surface area (Å²) >= 11 is 14.8. The molecule has 2 heterocycles. The third-order valence-electron chi connectivity index (χ3n) is 3.78. The first-order valence-electron chi connectivity index (χ1n) is 7.37. The average molecular weight is 409 g/mol. The Hall–Kier alpha value is -1.60. The van der Waals surface area contributed by atoms with E-state index in [4.69, 9.17) is 23.2 Å². The molecule has 1 fully saturated rings. The number of carbonyl (C=O) groups excluding carboxylic acids is 2. The Morgan fingerprint density at radius 2 is 1.92 bits per heavy atom. The molecule has 4 nitrogen and oxygen atoms in total. The quantitative estimate of drug-likeness (QED) is 0.570. The van der Waals surface area contributed by atoms with E-state index in [1.54, 1.807) is 12.1 Å². The number of imide groups is 1. The second-order valence-corrected chi connectivity index (χ2v) is 8.72. The molecule has 0 aliphatic carbocycles. The number of benzene rings is 2. The molecule has 0 saturated carbocycles. The Morgan fingerprint density at radius 1 is 1.12 bits per heavy atom. The number of fused-ring (bicyclic) bond motifs is 1. The fourth-order valence-corrected chi connectivity index (χ4v) is 5.24. The molecule has 8 heteroatoms. The second-order valence-electron chi connectivity index (χ2n) is 5.42. The lowest BCUT2D eigenvalue weighted by atomic mass is 10.3. The number of hydrogen-bond donors (Lipinski definition) is 0. The highest BCUT2D eigenvalue weighted by molar-refractivity contribution is 8.02. The molecule has 0 bridgehead atoms. The van der Waals surface area contributed by atoms with Crippen LogP contribution in [0.5, 0.6) is 0 Å². The van der Waals surface area contributed by atoms with Crippen LogP contribution < -0.4 is 4.90 Å². The standard InChI is InChI=1S/C17H10Cl2N2O2S2/c18-10-6-5-9(7-11(10)19)21-15(22)8-14(16(21)23)25-17-20-12-3-1-2-4-13(12)24-17/h1-7,14H,8H2/t14-/m0/s1. The minimum atomic E-state index is -0.484. The zero-order valence-electron chi connectivity index (χ0n) is 12.6. The van der Waals surface area contributed by atoms with Crippen LogP contribution in [0.3, 0.4) is 0 Å². The molecule has 1 saturated heterocycles. The first-order valence-corrected chi connectivity index (χ1v) is 9.82. The molecule has 0 radical (unpaired) electrons. The summed E-state index contributed by atoms with van der Waals surface area (Å²) in [6.45, 7) is 0. The molecule has 1 atom stereocenters. The second kappa shape index (κ2) is 6.61. The maximum atomic E-state index is 12.7. The zero-order valence-corrected chi connectivity index (χ0v) is 15.8. The van der Waals surface area contributed by atoms with Gasteiger partial charge < -0.3 is 0 Å². The summed E-state index contributed by atoms with van der Waals surface area (Å²) < 4.78 is 1.84. The van der Waals surface area contributed by atoms with Crippen LogP contribution >= 0.6 is 46.3 Å². The number of thioether (sulfide) groups is 1. The summed E-state index contributed by atoms with van der Waals surface area (Å²) in [4.78, 5) is 30.8. The smallest absolute Gasteiger partial charge is 0.247 e. The van der Waals surface area contributed by atoms with Crippen LogP contribution in [0.4, 0.5) is 5.69 Å². The van der Waals surface area contributed by atoms with E-state index >= 15 is 0 Å². The van der Waals surface area contributed by atoms with Crippen molar-refractivity contribution in [2.45, 2.75) is 16.0 Å². The molecule has 3 aromatic rings. The molecule has 0 N–H and O–H groups in total. The minimum absolute atomic E-state index is 0.139. The summed E-state index contributed by atoms with van der Waals surface area (Å²) in [7, 11) is 0. The predicted molar refractivity (Wildman–Crippen MR) is 103 cm³/mol. The normalized spacial score (nSPS) is 17.7. The van der Waals surface area contributed by atoms with Gasteiger partial charge in [0.1, 0.15) is 5.25 Å². The van der Waals surface area contributed by atoms with Crippen molar-refractivity contribution in [3.8, 4) is 0 Å². The number of para-hydroxylation sites is 1. The number of halogens is 2. The number of nitrogens with zero attached hydrogens (tertiary/aromatic N) is 2. The third-order valence-corrected chi connectivity index (χ3v) is 6.84. The summed E-state index contributed by atoms with van der Waals surface area (Å²) in [5.41, 5.74) is 1.34. The fraction of sp³-hybridized carbons (Fsp3) is 0.118. The van der Waals surface area contributed by atoms with Gasteiger partial charge in [-0.05, 0) is 30.3 Å². The van der Waals surface area contributed by atoms with E-state index in [0.717, 1.165) is 14.6 Å². The van der Waals surface area contributed by atoms with Crippen LogP contribution in [0.2, 0.25) is 10.0 Å². The van der Waals surface area contributed by atoms with E-state index in [1.165, 1.54) is 34.1 Å². The lowest BCUT2D eigenvalue weighted by molar-refractivity contribution is -0.121. The number of anilines is 1. The molecule has 126 valence electrons. The minimum Gasteiger partial charge on any atom is -0.274 e. The van der Waals surface area contributed by atoms with E-state index in [-0.39, 0.29) is 18.2 Å². The molecule has 1 aliphatic heterocycles. The van der Waals surface area contributed by atoms with Gasteiger partial charge in [-0.1, -0.05) is 47.1 Å². The van der Waals surface area contributed by atoms with Crippen molar-refractivity contribution in [2.75, 3.05) is 4.90 Å². The summed E-state index contributed by atoms with van der Waals surface area (Å²) in [6, 6.07) is 12.5. The Morgan fingerprint density at radius 3 is 2.68 bits per heavy atom. The van der Waals surface area contributed by atoms with Crippen molar-refractivity contribution < 1.29 is 9.59 Å². The van der Waals surface area contributed by atoms with Crippen LogP contribution in [-0.4, -0.2) is 22.0 Å². The molecule has 25 heavy (non-hydrogen) atoms. The van der Waals surface area contributed by atoms with Crippen LogP contribution in [-0.2, 0) is 9.59 Å². The summed E-state index contributed by atoms with van der Waals surface area (Å²) in [5.74, 6) is -0.505. The molecule has 0 unspecified atom stereocenters. The van der Waals surface area contributed by atoms with Gasteiger partial charge in [-0.3, -0.25) is 9.59 Å². The molecule has 2 amide bonds. The van der Waals surface area contributed by atoms with Crippen molar-refractivity contribution in [2.24, 2.45) is 0 Å². The first kappa shape index (κ1) is 16.8. The number of aromatic nitrogens is 1. The van der Waals surface area contributed by atoms with E-state index < -0.39 is 5.25 Å². The summed E-state index contributed by atoms with van der Waals surface area (Å²) in [6.07, 6.45) is 0.139. The van der Waals surface area contributed by atoms with Crippen LogP contribution in [0.15, 0.2) is 46.8 Å². The Labute approximate surface area is 161 Å². The van der Waals surface area contributed by atoms with Gasteiger partial charge in [0.05, 0.1) is 25.9 Å². The molecule has 2 aromatic carbocycles. The van der Waals surface area contributed by atoms with Gasteiger partial charge in [-0.25, -0.2) is 9.88 Å². The van der Waals surface area contributed by atoms with Crippen molar-refractivity contribution in [3.63, 3.8) is 0 Å². The highest BCUT2D eigenvalue weighted by atomic mass is 35.5. The van der Waals surface area contributed by atoms with Crippen molar-refractivity contribution >= 4 is 74.0 Å². The topological polar surface area (TPSA) is 50.3 Å². The van der Waals surface area contributed by atoms with Crippen LogP contribution in [0.1, 0.15) is 6.42 Å². The molecular formula is C17H10Cl2N2O2S2. The average Bonchev–Trinajstić information content (AvgIpc) is 3.11. The number of amides is 2. The highest BCUT2D eigenvalue weighted by Crippen LogP contribution is 2.38. The predicted octanol–water partition coefficient (Wildman–Crippen LogP) is 5.03. The lowest BCUT2D eigenvalue weighted by Crippen LogP contribution is -2.31. The molecular weight excluding hydrogens is 399 g/mol. The Balaban J connectivity index is 1.59. The maximum absolute atomic E-state index is 12.7. The number of thiazole rings is 1. The number of hydrogen-bond acceptors (Lipinski definition) is 5. The van der Waals surface area contributed by atoms with Crippen molar-refractivity contribution in [3.05, 3.63) is 52.5 Å². The molecule has 4 rings (SSSR count). The third kappa shape index (κ3) is 3.15. The lowest BCUT2D eigenvalue weighted by Gasteiger charge is -2.15. The Bertz CT molecular complexity index is 972. The van der Waals surface area contributed by atoms with E-state index in [0.29, 0.717) is 15.7 Å². The van der Waals surface area contributed by atoms with Gasteiger partial charge in [-0.2, -0.15) is 0 Å². The van der Waals surface area contributed by atoms with Crippen LogP contribution in [0, 0.1) is 0 Å². The molecule has 1 aliphatic rings. The summed E-state index contributed by atoms with van der Waals surface area (Å²) in [5, 5.41) is 0.203. The van der Waals surface area contributed by atoms with Crippen molar-refractivity contribution in [1.82, 2.24) is 4.98 Å². The monoisotopic (exact) mass is 408 g/mol. The Kier molecular flexibility index (Phi) is 4.45. The van der Waals surface area contributed by atoms with Gasteiger partial charge in [0.2, 0.25) is 11.8 Å².